The summed E-state index contributed by atoms with van der Waals surface area (Å²) >= 11 is 1.41. The fourth-order valence-electron chi connectivity index (χ4n) is 3.19. The molecule has 2 amide bonds. The van der Waals surface area contributed by atoms with Gasteiger partial charge >= 0.3 is 0 Å². The van der Waals surface area contributed by atoms with Gasteiger partial charge in [0.05, 0.1) is 43.7 Å². The number of rotatable bonds is 6. The highest BCUT2D eigenvalue weighted by molar-refractivity contribution is 7.99. The number of para-hydroxylation sites is 1. The minimum absolute atomic E-state index is 0.0487. The molecule has 1 heterocycles. The van der Waals surface area contributed by atoms with Crippen LogP contribution >= 0.6 is 11.8 Å². The average molecular weight is 396 g/mol. The number of nitrogens with one attached hydrogen (secondary N) is 2. The molecule has 6 nitrogen and oxygen atoms in total. The fraction of sp³-hybridized carbons (Fsp3) is 0.286. The van der Waals surface area contributed by atoms with Crippen molar-refractivity contribution in [3.8, 4) is 6.07 Å². The summed E-state index contributed by atoms with van der Waals surface area (Å²) in [5, 5.41) is 11.7. The van der Waals surface area contributed by atoms with Crippen LogP contribution in [0.25, 0.3) is 0 Å². The summed E-state index contributed by atoms with van der Waals surface area (Å²) in [5.41, 5.74) is 1.44. The largest absolute Gasteiger partial charge is 0.327 e. The Morgan fingerprint density at radius 2 is 1.75 bits per heavy atom. The van der Waals surface area contributed by atoms with Gasteiger partial charge in [-0.25, -0.2) is 0 Å². The van der Waals surface area contributed by atoms with E-state index in [1.54, 1.807) is 0 Å². The van der Waals surface area contributed by atoms with E-state index in [-0.39, 0.29) is 11.8 Å². The second kappa shape index (κ2) is 9.93. The second-order valence-electron chi connectivity index (χ2n) is 6.58. The van der Waals surface area contributed by atoms with Crippen LogP contribution in [-0.4, -0.2) is 55.2 Å². The molecule has 0 aliphatic carbocycles. The van der Waals surface area contributed by atoms with E-state index in [0.717, 1.165) is 28.6 Å². The van der Waals surface area contributed by atoms with Crippen LogP contribution in [0, 0.1) is 11.3 Å². The minimum atomic E-state index is -0.0529. The van der Waals surface area contributed by atoms with Crippen molar-refractivity contribution in [2.24, 2.45) is 0 Å². The lowest BCUT2D eigenvalue weighted by atomic mass is 10.2. The first-order valence-electron chi connectivity index (χ1n) is 9.24. The minimum Gasteiger partial charge on any atom is -0.327 e. The van der Waals surface area contributed by atoms with Gasteiger partial charge in [-0.3, -0.25) is 9.59 Å². The summed E-state index contributed by atoms with van der Waals surface area (Å²) in [4.78, 5) is 28.9. The molecule has 3 rings (SSSR count). The highest BCUT2D eigenvalue weighted by atomic mass is 32.2. The Kier molecular flexibility index (Phi) is 7.06. The molecule has 7 heteroatoms. The molecule has 2 aromatic carbocycles. The van der Waals surface area contributed by atoms with Crippen molar-refractivity contribution in [3.05, 3.63) is 60.2 Å². The first kappa shape index (κ1) is 19.9. The predicted molar refractivity (Wildman–Crippen MR) is 109 cm³/mol. The number of hydrogen-bond acceptors (Lipinski definition) is 4. The molecule has 0 saturated carbocycles. The summed E-state index contributed by atoms with van der Waals surface area (Å²) in [6, 6.07) is 18.9. The lowest BCUT2D eigenvalue weighted by molar-refractivity contribution is -0.895. The molecule has 0 atom stereocenters. The summed E-state index contributed by atoms with van der Waals surface area (Å²) in [7, 11) is 0. The van der Waals surface area contributed by atoms with Crippen LogP contribution in [0.4, 0.5) is 5.69 Å². The number of nitriles is 1. The van der Waals surface area contributed by atoms with E-state index in [9.17, 15) is 9.59 Å². The van der Waals surface area contributed by atoms with Gasteiger partial charge in [0.15, 0.2) is 6.54 Å². The predicted octanol–water partition coefficient (Wildman–Crippen LogP) is 1.28. The summed E-state index contributed by atoms with van der Waals surface area (Å²) in [6.45, 7) is 3.15. The molecule has 0 radical (unpaired) electrons. The Morgan fingerprint density at radius 3 is 2.46 bits per heavy atom. The molecule has 1 saturated heterocycles. The smallest absolute Gasteiger partial charge is 0.279 e. The van der Waals surface area contributed by atoms with Crippen molar-refractivity contribution in [2.45, 2.75) is 4.90 Å². The third-order valence-electron chi connectivity index (χ3n) is 4.64. The van der Waals surface area contributed by atoms with Crippen molar-refractivity contribution in [3.63, 3.8) is 0 Å². The maximum Gasteiger partial charge on any atom is 0.279 e. The highest BCUT2D eigenvalue weighted by Gasteiger charge is 2.26. The number of piperazine rings is 1. The van der Waals surface area contributed by atoms with Crippen LogP contribution in [0.5, 0.6) is 0 Å². The van der Waals surface area contributed by atoms with Gasteiger partial charge in [0.1, 0.15) is 0 Å². The van der Waals surface area contributed by atoms with Crippen LogP contribution in [0.15, 0.2) is 59.5 Å². The molecule has 144 valence electrons. The van der Waals surface area contributed by atoms with Crippen LogP contribution < -0.4 is 10.2 Å². The third-order valence-corrected chi connectivity index (χ3v) is 5.58. The van der Waals surface area contributed by atoms with E-state index in [0.29, 0.717) is 31.0 Å². The number of carbonyl (C=O) groups is 2. The monoisotopic (exact) mass is 395 g/mol. The Hall–Kier alpha value is -2.82. The van der Waals surface area contributed by atoms with Gasteiger partial charge in [0.25, 0.3) is 11.8 Å². The molecule has 1 fully saturated rings. The third kappa shape index (κ3) is 5.35. The Balaban J connectivity index is 1.49. The van der Waals surface area contributed by atoms with E-state index in [1.807, 2.05) is 59.5 Å². The van der Waals surface area contributed by atoms with Gasteiger partial charge < -0.3 is 15.1 Å². The molecule has 2 aromatic rings. The van der Waals surface area contributed by atoms with Crippen LogP contribution in [0.1, 0.15) is 10.4 Å². The molecular formula is C21H23N4O2S+. The molecule has 1 aliphatic rings. The zero-order valence-electron chi connectivity index (χ0n) is 15.6. The fourth-order valence-corrected chi connectivity index (χ4v) is 3.86. The number of benzene rings is 2. The van der Waals surface area contributed by atoms with Gasteiger partial charge in [-0.05, 0) is 24.3 Å². The molecule has 2 N–H and O–H groups in total. The van der Waals surface area contributed by atoms with E-state index in [2.05, 4.69) is 11.4 Å². The number of quaternary nitrogens is 1. The van der Waals surface area contributed by atoms with Gasteiger partial charge in [-0.2, -0.15) is 5.26 Å². The van der Waals surface area contributed by atoms with Crippen molar-refractivity contribution in [1.29, 1.82) is 5.26 Å². The molecule has 0 aromatic heterocycles. The molecule has 28 heavy (non-hydrogen) atoms. The average Bonchev–Trinajstić information content (AvgIpc) is 2.74. The lowest BCUT2D eigenvalue weighted by Crippen LogP contribution is -3.15. The summed E-state index contributed by atoms with van der Waals surface area (Å²) in [6.07, 6.45) is 0. The van der Waals surface area contributed by atoms with Gasteiger partial charge in [-0.15, -0.1) is 11.8 Å². The molecule has 0 bridgehead atoms. The summed E-state index contributed by atoms with van der Waals surface area (Å²) in [5.74, 6) is 0.339. The second-order valence-corrected chi connectivity index (χ2v) is 7.59. The first-order chi connectivity index (χ1) is 13.7. The standard InChI is InChI=1S/C21H22N4O2S/c22-10-15-28-19-9-5-4-8-18(19)23-20(26)16-24-11-13-25(14-12-24)21(27)17-6-2-1-3-7-17/h1-9H,11-16H2,(H,23,26)/p+1. The van der Waals surface area contributed by atoms with E-state index >= 15 is 0 Å². The SMILES string of the molecule is N#CCSc1ccccc1NC(=O)C[NH+]1CCN(C(=O)c2ccccc2)CC1. The number of thioether (sulfide) groups is 1. The number of nitrogens with zero attached hydrogens (tertiary/aromatic N) is 2. The number of amides is 2. The van der Waals surface area contributed by atoms with E-state index < -0.39 is 0 Å². The summed E-state index contributed by atoms with van der Waals surface area (Å²) < 4.78 is 0. The Labute approximate surface area is 169 Å². The van der Waals surface area contributed by atoms with E-state index in [4.69, 9.17) is 5.26 Å². The lowest BCUT2D eigenvalue weighted by Gasteiger charge is -2.32. The van der Waals surface area contributed by atoms with Crippen molar-refractivity contribution in [2.75, 3.05) is 43.8 Å². The van der Waals surface area contributed by atoms with Crippen LogP contribution in [0.2, 0.25) is 0 Å². The molecule has 0 spiro atoms. The highest BCUT2D eigenvalue weighted by Crippen LogP contribution is 2.26. The first-order valence-corrected chi connectivity index (χ1v) is 10.2. The maximum atomic E-state index is 12.5. The Bertz CT molecular complexity index is 858. The van der Waals surface area contributed by atoms with E-state index in [1.165, 1.54) is 11.8 Å². The van der Waals surface area contributed by atoms with Crippen LogP contribution in [0.3, 0.4) is 0 Å². The Morgan fingerprint density at radius 1 is 1.07 bits per heavy atom. The zero-order chi connectivity index (χ0) is 19.8. The number of carbonyl (C=O) groups excluding carboxylic acids is 2. The maximum absolute atomic E-state index is 12.5. The number of hydrogen-bond donors (Lipinski definition) is 2. The van der Waals surface area contributed by atoms with Gasteiger partial charge in [-0.1, -0.05) is 30.3 Å². The van der Waals surface area contributed by atoms with Crippen molar-refractivity contribution in [1.82, 2.24) is 4.90 Å². The van der Waals surface area contributed by atoms with Crippen molar-refractivity contribution < 1.29 is 14.5 Å². The quantitative estimate of drug-likeness (QED) is 0.723. The van der Waals surface area contributed by atoms with Crippen LogP contribution in [-0.2, 0) is 4.79 Å². The zero-order valence-corrected chi connectivity index (χ0v) is 16.4. The van der Waals surface area contributed by atoms with Crippen molar-refractivity contribution >= 4 is 29.3 Å². The number of anilines is 1. The molecule has 0 unspecified atom stereocenters. The van der Waals surface area contributed by atoms with Gasteiger partial charge in [0.2, 0.25) is 0 Å². The topological polar surface area (TPSA) is 77.6 Å². The normalized spacial score (nSPS) is 14.3. The van der Waals surface area contributed by atoms with Gasteiger partial charge in [0, 0.05) is 10.5 Å². The molecule has 1 aliphatic heterocycles. The molecular weight excluding hydrogens is 372 g/mol.